The van der Waals surface area contributed by atoms with Crippen LogP contribution in [0, 0.1) is 0 Å². The summed E-state index contributed by atoms with van der Waals surface area (Å²) < 4.78 is 11.4. The van der Waals surface area contributed by atoms with Crippen molar-refractivity contribution < 1.29 is 19.1 Å². The molecule has 4 heterocycles. The maximum absolute atomic E-state index is 12.8. The van der Waals surface area contributed by atoms with Crippen LogP contribution in [0.15, 0.2) is 12.3 Å². The fraction of sp³-hybridized carbons (Fsp3) is 0.647. The summed E-state index contributed by atoms with van der Waals surface area (Å²) in [6.07, 6.45) is 3.85. The summed E-state index contributed by atoms with van der Waals surface area (Å²) >= 11 is 0. The van der Waals surface area contributed by atoms with Crippen molar-refractivity contribution in [2.24, 2.45) is 0 Å². The minimum Gasteiger partial charge on any atom is -0.347 e. The van der Waals surface area contributed by atoms with Gasteiger partial charge in [0.15, 0.2) is 5.79 Å². The molecule has 1 aromatic heterocycles. The number of piperidine rings is 1. The number of carbonyl (C=O) groups is 2. The second-order valence-electron chi connectivity index (χ2n) is 6.77. The molecule has 0 radical (unpaired) electrons. The Morgan fingerprint density at radius 1 is 1.08 bits per heavy atom. The van der Waals surface area contributed by atoms with Gasteiger partial charge in [0.1, 0.15) is 5.69 Å². The molecule has 0 saturated carbocycles. The highest BCUT2D eigenvalue weighted by molar-refractivity contribution is 5.92. The molecule has 0 aliphatic carbocycles. The molecule has 140 valence electrons. The van der Waals surface area contributed by atoms with E-state index in [4.69, 9.17) is 9.47 Å². The fourth-order valence-corrected chi connectivity index (χ4v) is 3.65. The van der Waals surface area contributed by atoms with Gasteiger partial charge < -0.3 is 24.2 Å². The highest BCUT2D eigenvalue weighted by Gasteiger charge is 2.41. The van der Waals surface area contributed by atoms with Crippen LogP contribution in [0.1, 0.15) is 23.3 Å². The summed E-state index contributed by atoms with van der Waals surface area (Å²) in [7, 11) is 0. The summed E-state index contributed by atoms with van der Waals surface area (Å²) in [5.41, 5.74) is 0.400. The zero-order valence-corrected chi connectivity index (χ0v) is 14.7. The van der Waals surface area contributed by atoms with Gasteiger partial charge in [-0.25, -0.2) is 9.97 Å². The van der Waals surface area contributed by atoms with E-state index in [1.807, 2.05) is 4.90 Å². The summed E-state index contributed by atoms with van der Waals surface area (Å²) in [5, 5.41) is 0. The fourth-order valence-electron chi connectivity index (χ4n) is 3.65. The van der Waals surface area contributed by atoms with Crippen molar-refractivity contribution in [1.82, 2.24) is 19.8 Å². The summed E-state index contributed by atoms with van der Waals surface area (Å²) in [5.74, 6) is -0.0448. The maximum Gasteiger partial charge on any atom is 0.272 e. The molecule has 3 fully saturated rings. The van der Waals surface area contributed by atoms with E-state index in [1.54, 1.807) is 22.1 Å². The lowest BCUT2D eigenvalue weighted by Crippen LogP contribution is -2.48. The molecule has 4 rings (SSSR count). The van der Waals surface area contributed by atoms with E-state index in [9.17, 15) is 9.59 Å². The second kappa shape index (κ2) is 7.16. The zero-order valence-electron chi connectivity index (χ0n) is 14.7. The van der Waals surface area contributed by atoms with E-state index in [1.165, 1.54) is 0 Å². The molecule has 9 nitrogen and oxygen atoms in total. The molecule has 3 aliphatic rings. The van der Waals surface area contributed by atoms with E-state index in [-0.39, 0.29) is 5.91 Å². The number of hydrogen-bond acceptors (Lipinski definition) is 7. The van der Waals surface area contributed by atoms with Gasteiger partial charge in [-0.05, 0) is 6.07 Å². The standard InChI is InChI=1S/C17H23N5O4/c23-13-20-7-9-22(10-8-20)16-18-4-1-14(19-16)15(24)21-5-2-17(3-6-21)25-11-12-26-17/h1,4,13H,2-3,5-12H2. The normalized spacial score (nSPS) is 22.7. The third kappa shape index (κ3) is 3.36. The number of nitrogens with zero attached hydrogens (tertiary/aromatic N) is 5. The van der Waals surface area contributed by atoms with Gasteiger partial charge in [-0.1, -0.05) is 0 Å². The third-order valence-electron chi connectivity index (χ3n) is 5.23. The largest absolute Gasteiger partial charge is 0.347 e. The molecule has 3 saturated heterocycles. The molecule has 2 amide bonds. The number of rotatable bonds is 3. The third-order valence-corrected chi connectivity index (χ3v) is 5.23. The average Bonchev–Trinajstić information content (AvgIpc) is 3.16. The van der Waals surface area contributed by atoms with E-state index in [0.29, 0.717) is 77.0 Å². The number of aromatic nitrogens is 2. The minimum absolute atomic E-state index is 0.0898. The van der Waals surface area contributed by atoms with Gasteiger partial charge in [-0.15, -0.1) is 0 Å². The van der Waals surface area contributed by atoms with E-state index in [2.05, 4.69) is 9.97 Å². The smallest absolute Gasteiger partial charge is 0.272 e. The number of amides is 2. The monoisotopic (exact) mass is 361 g/mol. The average molecular weight is 361 g/mol. The summed E-state index contributed by atoms with van der Waals surface area (Å²) in [6, 6.07) is 1.65. The molecule has 26 heavy (non-hydrogen) atoms. The topological polar surface area (TPSA) is 88.1 Å². The molecule has 0 N–H and O–H groups in total. The highest BCUT2D eigenvalue weighted by Crippen LogP contribution is 2.31. The Morgan fingerprint density at radius 3 is 2.42 bits per heavy atom. The first kappa shape index (κ1) is 17.2. The molecular formula is C17H23N5O4. The van der Waals surface area contributed by atoms with Crippen LogP contribution in [-0.2, 0) is 14.3 Å². The lowest BCUT2D eigenvalue weighted by molar-refractivity contribution is -0.181. The van der Waals surface area contributed by atoms with Gasteiger partial charge in [0.05, 0.1) is 13.2 Å². The van der Waals surface area contributed by atoms with Crippen LogP contribution in [0.2, 0.25) is 0 Å². The number of anilines is 1. The zero-order chi connectivity index (χ0) is 18.0. The summed E-state index contributed by atoms with van der Waals surface area (Å²) in [4.78, 5) is 37.9. The van der Waals surface area contributed by atoms with Crippen molar-refractivity contribution in [3.63, 3.8) is 0 Å². The molecule has 0 atom stereocenters. The van der Waals surface area contributed by atoms with Crippen LogP contribution >= 0.6 is 0 Å². The molecule has 1 spiro atoms. The first-order valence-corrected chi connectivity index (χ1v) is 9.04. The number of piperazine rings is 1. The molecule has 0 bridgehead atoms. The maximum atomic E-state index is 12.8. The predicted molar refractivity (Wildman–Crippen MR) is 91.7 cm³/mol. The van der Waals surface area contributed by atoms with E-state index in [0.717, 1.165) is 6.41 Å². The molecule has 1 aromatic rings. The van der Waals surface area contributed by atoms with Gasteiger partial charge in [0.2, 0.25) is 12.4 Å². The SMILES string of the molecule is O=CN1CCN(c2nccc(C(=O)N3CCC4(CC3)OCCO4)n2)CC1. The van der Waals surface area contributed by atoms with Crippen molar-refractivity contribution >= 4 is 18.3 Å². The molecule has 0 aromatic carbocycles. The van der Waals surface area contributed by atoms with Gasteiger partial charge in [-0.2, -0.15) is 0 Å². The lowest BCUT2D eigenvalue weighted by Gasteiger charge is -2.37. The predicted octanol–water partition coefficient (Wildman–Crippen LogP) is -0.266. The van der Waals surface area contributed by atoms with Gasteiger partial charge in [0.25, 0.3) is 5.91 Å². The number of hydrogen-bond donors (Lipinski definition) is 0. The Morgan fingerprint density at radius 2 is 1.77 bits per heavy atom. The van der Waals surface area contributed by atoms with Crippen LogP contribution in [0.3, 0.4) is 0 Å². The van der Waals surface area contributed by atoms with Gasteiger partial charge >= 0.3 is 0 Å². The van der Waals surface area contributed by atoms with E-state index >= 15 is 0 Å². The Bertz CT molecular complexity index is 661. The van der Waals surface area contributed by atoms with Crippen LogP contribution in [0.4, 0.5) is 5.95 Å². The second-order valence-corrected chi connectivity index (χ2v) is 6.77. The Balaban J connectivity index is 1.40. The van der Waals surface area contributed by atoms with Gasteiger partial charge in [0, 0.05) is 58.3 Å². The Hall–Kier alpha value is -2.26. The number of likely N-dealkylation sites (tertiary alicyclic amines) is 1. The molecule has 3 aliphatic heterocycles. The number of carbonyl (C=O) groups excluding carboxylic acids is 2. The quantitative estimate of drug-likeness (QED) is 0.685. The lowest BCUT2D eigenvalue weighted by atomic mass is 10.0. The van der Waals surface area contributed by atoms with Crippen molar-refractivity contribution in [2.75, 3.05) is 57.4 Å². The van der Waals surface area contributed by atoms with E-state index < -0.39 is 5.79 Å². The van der Waals surface area contributed by atoms with Crippen LogP contribution in [0.5, 0.6) is 0 Å². The Labute approximate surface area is 151 Å². The highest BCUT2D eigenvalue weighted by atomic mass is 16.7. The van der Waals surface area contributed by atoms with Crippen molar-refractivity contribution in [3.8, 4) is 0 Å². The van der Waals surface area contributed by atoms with Crippen molar-refractivity contribution in [2.45, 2.75) is 18.6 Å². The molecule has 9 heteroatoms. The van der Waals surface area contributed by atoms with Crippen molar-refractivity contribution in [3.05, 3.63) is 18.0 Å². The molecule has 0 unspecified atom stereocenters. The first-order valence-electron chi connectivity index (χ1n) is 9.04. The summed E-state index contributed by atoms with van der Waals surface area (Å²) in [6.45, 7) is 5.04. The first-order chi connectivity index (χ1) is 12.7. The number of ether oxygens (including phenoxy) is 2. The molecular weight excluding hydrogens is 338 g/mol. The van der Waals surface area contributed by atoms with Crippen LogP contribution in [0.25, 0.3) is 0 Å². The van der Waals surface area contributed by atoms with Crippen molar-refractivity contribution in [1.29, 1.82) is 0 Å². The Kier molecular flexibility index (Phi) is 4.73. The minimum atomic E-state index is -0.494. The van der Waals surface area contributed by atoms with Gasteiger partial charge in [-0.3, -0.25) is 9.59 Å². The van der Waals surface area contributed by atoms with Crippen LogP contribution < -0.4 is 4.90 Å². The van der Waals surface area contributed by atoms with Crippen LogP contribution in [-0.4, -0.2) is 90.4 Å².